The molecule has 0 aromatic heterocycles. The van der Waals surface area contributed by atoms with Gasteiger partial charge < -0.3 is 5.32 Å². The third-order valence-corrected chi connectivity index (χ3v) is 3.50. The highest BCUT2D eigenvalue weighted by Crippen LogP contribution is 2.13. The number of nitrogens with one attached hydrogen (secondary N) is 1. The van der Waals surface area contributed by atoms with Crippen LogP contribution in [0.2, 0.25) is 0 Å². The number of halogens is 3. The lowest BCUT2D eigenvalue weighted by molar-refractivity contribution is 0.444. The van der Waals surface area contributed by atoms with Crippen molar-refractivity contribution in [1.82, 2.24) is 5.32 Å². The molecule has 0 radical (unpaired) electrons. The van der Waals surface area contributed by atoms with Gasteiger partial charge in [0.25, 0.3) is 0 Å². The maximum absolute atomic E-state index is 12.8. The molecule has 0 fully saturated rings. The highest BCUT2D eigenvalue weighted by molar-refractivity contribution is 7.84. The van der Waals surface area contributed by atoms with Crippen LogP contribution in [0.4, 0.5) is 13.2 Å². The van der Waals surface area contributed by atoms with Crippen LogP contribution in [-0.2, 0) is 17.3 Å². The molecule has 0 heterocycles. The molecule has 1 atom stereocenters. The summed E-state index contributed by atoms with van der Waals surface area (Å²) in [5.41, 5.74) is 0.323. The second-order valence-corrected chi connectivity index (χ2v) is 5.35. The molecule has 1 unspecified atom stereocenters. The van der Waals surface area contributed by atoms with E-state index in [1.54, 1.807) is 0 Å². The summed E-state index contributed by atoms with van der Waals surface area (Å²) in [6.45, 7) is 2.52. The van der Waals surface area contributed by atoms with Gasteiger partial charge >= 0.3 is 0 Å². The number of benzene rings is 1. The van der Waals surface area contributed by atoms with E-state index < -0.39 is 28.3 Å². The first-order valence-electron chi connectivity index (χ1n) is 5.23. The second kappa shape index (κ2) is 6.76. The Labute approximate surface area is 101 Å². The van der Waals surface area contributed by atoms with Gasteiger partial charge in [0.2, 0.25) is 0 Å². The van der Waals surface area contributed by atoms with Gasteiger partial charge in [-0.15, -0.1) is 0 Å². The molecular weight excluding hydrogens is 251 g/mol. The van der Waals surface area contributed by atoms with Crippen molar-refractivity contribution in [2.75, 3.05) is 18.1 Å². The summed E-state index contributed by atoms with van der Waals surface area (Å²) in [4.78, 5) is 0. The number of rotatable bonds is 6. The first kappa shape index (κ1) is 14.2. The average Bonchev–Trinajstić information content (AvgIpc) is 2.31. The van der Waals surface area contributed by atoms with Crippen LogP contribution in [0.1, 0.15) is 12.5 Å². The van der Waals surface area contributed by atoms with Crippen LogP contribution in [0.3, 0.4) is 0 Å². The number of hydrogen-bond donors (Lipinski definition) is 1. The van der Waals surface area contributed by atoms with Crippen molar-refractivity contribution in [3.8, 4) is 0 Å². The molecule has 0 bridgehead atoms. The summed E-state index contributed by atoms with van der Waals surface area (Å²) in [5, 5.41) is 2.89. The van der Waals surface area contributed by atoms with Crippen molar-refractivity contribution >= 4 is 10.8 Å². The zero-order valence-corrected chi connectivity index (χ0v) is 10.3. The molecule has 0 aliphatic heterocycles. The smallest absolute Gasteiger partial charge is 0.194 e. The predicted octanol–water partition coefficient (Wildman–Crippen LogP) is 1.96. The number of hydrogen-bond acceptors (Lipinski definition) is 2. The Bertz CT molecular complexity index is 389. The van der Waals surface area contributed by atoms with Gasteiger partial charge in [0, 0.05) is 35.4 Å². The summed E-state index contributed by atoms with van der Waals surface area (Å²) < 4.78 is 49.4. The third-order valence-electron chi connectivity index (χ3n) is 2.20. The monoisotopic (exact) mass is 265 g/mol. The topological polar surface area (TPSA) is 29.1 Å². The van der Waals surface area contributed by atoms with Gasteiger partial charge in [-0.25, -0.2) is 13.2 Å². The van der Waals surface area contributed by atoms with Crippen LogP contribution in [0, 0.1) is 17.5 Å². The molecule has 0 saturated heterocycles. The molecule has 0 spiro atoms. The van der Waals surface area contributed by atoms with E-state index in [2.05, 4.69) is 5.32 Å². The van der Waals surface area contributed by atoms with Gasteiger partial charge in [-0.2, -0.15) is 0 Å². The summed E-state index contributed by atoms with van der Waals surface area (Å²) in [5.74, 6) is -2.77. The van der Waals surface area contributed by atoms with E-state index in [4.69, 9.17) is 0 Å². The van der Waals surface area contributed by atoms with E-state index in [1.807, 2.05) is 6.92 Å². The average molecular weight is 265 g/mol. The maximum atomic E-state index is 12.8. The van der Waals surface area contributed by atoms with Gasteiger partial charge in [-0.1, -0.05) is 6.92 Å². The minimum atomic E-state index is -1.46. The van der Waals surface area contributed by atoms with Crippen molar-refractivity contribution < 1.29 is 17.4 Å². The zero-order chi connectivity index (χ0) is 12.8. The van der Waals surface area contributed by atoms with Crippen molar-refractivity contribution in [1.29, 1.82) is 0 Å². The Morgan fingerprint density at radius 3 is 2.35 bits per heavy atom. The molecule has 6 heteroatoms. The Kier molecular flexibility index (Phi) is 5.64. The molecule has 17 heavy (non-hydrogen) atoms. The van der Waals surface area contributed by atoms with Crippen molar-refractivity contribution in [3.63, 3.8) is 0 Å². The first-order valence-corrected chi connectivity index (χ1v) is 6.72. The Hall–Kier alpha value is -0.880. The molecule has 0 aliphatic rings. The maximum Gasteiger partial charge on any atom is 0.194 e. The second-order valence-electron chi connectivity index (χ2n) is 3.48. The van der Waals surface area contributed by atoms with Crippen molar-refractivity contribution in [2.45, 2.75) is 13.5 Å². The fraction of sp³-hybridized carbons (Fsp3) is 0.455. The SMILES string of the molecule is CCS(=O)CCNCc1cc(F)c(F)c(F)c1. The van der Waals surface area contributed by atoms with Crippen LogP contribution >= 0.6 is 0 Å². The van der Waals surface area contributed by atoms with E-state index in [0.29, 0.717) is 23.6 Å². The molecule has 1 aromatic rings. The first-order chi connectivity index (χ1) is 8.04. The molecule has 0 saturated carbocycles. The molecule has 1 rings (SSSR count). The summed E-state index contributed by atoms with van der Waals surface area (Å²) in [6.07, 6.45) is 0. The van der Waals surface area contributed by atoms with E-state index in [1.165, 1.54) is 0 Å². The zero-order valence-electron chi connectivity index (χ0n) is 9.43. The summed E-state index contributed by atoms with van der Waals surface area (Å²) in [6, 6.07) is 1.89. The quantitative estimate of drug-likeness (QED) is 0.629. The van der Waals surface area contributed by atoms with Gasteiger partial charge in [0.05, 0.1) is 0 Å². The lowest BCUT2D eigenvalue weighted by Gasteiger charge is -2.05. The Morgan fingerprint density at radius 2 is 1.82 bits per heavy atom. The molecule has 2 nitrogen and oxygen atoms in total. The van der Waals surface area contributed by atoms with Gasteiger partial charge in [-0.05, 0) is 17.7 Å². The lowest BCUT2D eigenvalue weighted by Crippen LogP contribution is -2.20. The Morgan fingerprint density at radius 1 is 1.24 bits per heavy atom. The van der Waals surface area contributed by atoms with Crippen LogP contribution in [0.5, 0.6) is 0 Å². The van der Waals surface area contributed by atoms with Gasteiger partial charge in [0.15, 0.2) is 17.5 Å². The van der Waals surface area contributed by atoms with E-state index in [-0.39, 0.29) is 6.54 Å². The fourth-order valence-corrected chi connectivity index (χ4v) is 1.93. The summed E-state index contributed by atoms with van der Waals surface area (Å²) >= 11 is 0. The van der Waals surface area contributed by atoms with Gasteiger partial charge in [0.1, 0.15) is 0 Å². The van der Waals surface area contributed by atoms with Crippen LogP contribution in [-0.4, -0.2) is 22.3 Å². The van der Waals surface area contributed by atoms with Crippen molar-refractivity contribution in [2.24, 2.45) is 0 Å². The minimum Gasteiger partial charge on any atom is -0.312 e. The van der Waals surface area contributed by atoms with Gasteiger partial charge in [-0.3, -0.25) is 4.21 Å². The van der Waals surface area contributed by atoms with E-state index in [0.717, 1.165) is 12.1 Å². The molecular formula is C11H14F3NOS. The third kappa shape index (κ3) is 4.47. The predicted molar refractivity (Wildman–Crippen MR) is 61.6 cm³/mol. The fourth-order valence-electron chi connectivity index (χ4n) is 1.27. The van der Waals surface area contributed by atoms with Crippen molar-refractivity contribution in [3.05, 3.63) is 35.1 Å². The normalized spacial score (nSPS) is 12.7. The molecule has 96 valence electrons. The van der Waals surface area contributed by atoms with E-state index in [9.17, 15) is 17.4 Å². The lowest BCUT2D eigenvalue weighted by atomic mass is 10.2. The largest absolute Gasteiger partial charge is 0.312 e. The molecule has 1 N–H and O–H groups in total. The highest BCUT2D eigenvalue weighted by Gasteiger charge is 2.09. The minimum absolute atomic E-state index is 0.217. The summed E-state index contributed by atoms with van der Waals surface area (Å²) in [7, 11) is -0.868. The van der Waals surface area contributed by atoms with Crippen LogP contribution in [0.15, 0.2) is 12.1 Å². The standard InChI is InChI=1S/C11H14F3NOS/c1-2-17(16)4-3-15-7-8-5-9(12)11(14)10(13)6-8/h5-6,15H,2-4,7H2,1H3. The molecule has 1 aromatic carbocycles. The van der Waals surface area contributed by atoms with E-state index >= 15 is 0 Å². The molecule has 0 aliphatic carbocycles. The molecule has 0 amide bonds. The van der Waals surface area contributed by atoms with Crippen LogP contribution in [0.25, 0.3) is 0 Å². The highest BCUT2D eigenvalue weighted by atomic mass is 32.2. The van der Waals surface area contributed by atoms with Crippen LogP contribution < -0.4 is 5.32 Å². The Balaban J connectivity index is 2.45.